The molecule has 1 rings (SSSR count). The van der Waals surface area contributed by atoms with Gasteiger partial charge < -0.3 is 5.84 Å². The second kappa shape index (κ2) is 4.54. The number of nitrogens with zero attached hydrogens (tertiary/aromatic N) is 1. The van der Waals surface area contributed by atoms with E-state index in [1.54, 1.807) is 0 Å². The highest BCUT2D eigenvalue weighted by molar-refractivity contribution is 6.00. The fraction of sp³-hybridized carbons (Fsp3) is 0.300. The lowest BCUT2D eigenvalue weighted by molar-refractivity contribution is 0.982. The molecule has 0 unspecified atom stereocenters. The smallest absolute Gasteiger partial charge is 0.0672 e. The van der Waals surface area contributed by atoms with E-state index in [1.165, 1.54) is 0 Å². The summed E-state index contributed by atoms with van der Waals surface area (Å²) in [7, 11) is 0. The molecular formula is C10H14N2. The van der Waals surface area contributed by atoms with Gasteiger partial charge >= 0.3 is 0 Å². The fourth-order valence-corrected chi connectivity index (χ4v) is 1.15. The summed E-state index contributed by atoms with van der Waals surface area (Å²) < 4.78 is 0. The third-order valence-electron chi connectivity index (χ3n) is 1.75. The molecule has 0 saturated heterocycles. The molecule has 12 heavy (non-hydrogen) atoms. The Morgan fingerprint density at radius 2 is 2.00 bits per heavy atom. The van der Waals surface area contributed by atoms with E-state index in [0.29, 0.717) is 0 Å². The minimum absolute atomic E-state index is 0.945. The SMILES string of the molecule is CCC/C(=N\N)c1ccccc1. The van der Waals surface area contributed by atoms with E-state index < -0.39 is 0 Å². The Hall–Kier alpha value is -1.31. The molecule has 0 aromatic heterocycles. The van der Waals surface area contributed by atoms with E-state index in [0.717, 1.165) is 24.1 Å². The molecule has 0 aliphatic rings. The first-order valence-corrected chi connectivity index (χ1v) is 4.20. The third-order valence-corrected chi connectivity index (χ3v) is 1.75. The second-order valence-corrected chi connectivity index (χ2v) is 2.69. The van der Waals surface area contributed by atoms with Crippen molar-refractivity contribution in [2.75, 3.05) is 0 Å². The van der Waals surface area contributed by atoms with Crippen molar-refractivity contribution >= 4 is 5.71 Å². The molecule has 0 fully saturated rings. The summed E-state index contributed by atoms with van der Waals surface area (Å²) in [5.74, 6) is 5.28. The molecule has 0 aliphatic heterocycles. The average Bonchev–Trinajstić information content (AvgIpc) is 2.15. The molecular weight excluding hydrogens is 148 g/mol. The largest absolute Gasteiger partial charge is 0.323 e. The predicted molar refractivity (Wildman–Crippen MR) is 52.1 cm³/mol. The summed E-state index contributed by atoms with van der Waals surface area (Å²) in [6, 6.07) is 10.0. The Kier molecular flexibility index (Phi) is 3.33. The van der Waals surface area contributed by atoms with Crippen LogP contribution in [0.4, 0.5) is 0 Å². The summed E-state index contributed by atoms with van der Waals surface area (Å²) in [6.45, 7) is 2.12. The summed E-state index contributed by atoms with van der Waals surface area (Å²) in [5, 5.41) is 3.76. The zero-order valence-electron chi connectivity index (χ0n) is 7.33. The number of nitrogens with two attached hydrogens (primary N) is 1. The molecule has 2 heteroatoms. The Labute approximate surface area is 73.1 Å². The Morgan fingerprint density at radius 3 is 2.50 bits per heavy atom. The van der Waals surface area contributed by atoms with Crippen LogP contribution in [0, 0.1) is 0 Å². The maximum atomic E-state index is 5.28. The van der Waals surface area contributed by atoms with E-state index in [4.69, 9.17) is 5.84 Å². The van der Waals surface area contributed by atoms with Crippen molar-refractivity contribution in [2.45, 2.75) is 19.8 Å². The summed E-state index contributed by atoms with van der Waals surface area (Å²) >= 11 is 0. The van der Waals surface area contributed by atoms with Crippen molar-refractivity contribution in [1.29, 1.82) is 0 Å². The van der Waals surface area contributed by atoms with Crippen LogP contribution in [0.15, 0.2) is 35.4 Å². The Bertz CT molecular complexity index is 252. The molecule has 64 valence electrons. The van der Waals surface area contributed by atoms with Crippen LogP contribution in [0.1, 0.15) is 25.3 Å². The first-order valence-electron chi connectivity index (χ1n) is 4.20. The lowest BCUT2D eigenvalue weighted by Gasteiger charge is -2.01. The molecule has 0 saturated carbocycles. The second-order valence-electron chi connectivity index (χ2n) is 2.69. The zero-order valence-corrected chi connectivity index (χ0v) is 7.33. The van der Waals surface area contributed by atoms with Gasteiger partial charge in [0, 0.05) is 0 Å². The summed E-state index contributed by atoms with van der Waals surface area (Å²) in [6.07, 6.45) is 2.02. The van der Waals surface area contributed by atoms with Crippen molar-refractivity contribution in [3.8, 4) is 0 Å². The Morgan fingerprint density at radius 1 is 1.33 bits per heavy atom. The van der Waals surface area contributed by atoms with E-state index >= 15 is 0 Å². The van der Waals surface area contributed by atoms with E-state index in [2.05, 4.69) is 12.0 Å². The van der Waals surface area contributed by atoms with Crippen molar-refractivity contribution in [2.24, 2.45) is 10.9 Å². The van der Waals surface area contributed by atoms with Gasteiger partial charge in [-0.2, -0.15) is 5.10 Å². The van der Waals surface area contributed by atoms with Crippen molar-refractivity contribution in [3.05, 3.63) is 35.9 Å². The minimum Gasteiger partial charge on any atom is -0.323 e. The van der Waals surface area contributed by atoms with Gasteiger partial charge in [-0.1, -0.05) is 43.7 Å². The van der Waals surface area contributed by atoms with Crippen LogP contribution in [-0.4, -0.2) is 5.71 Å². The number of benzene rings is 1. The van der Waals surface area contributed by atoms with Crippen LogP contribution in [0.3, 0.4) is 0 Å². The quantitative estimate of drug-likeness (QED) is 0.413. The van der Waals surface area contributed by atoms with Gasteiger partial charge in [0.2, 0.25) is 0 Å². The van der Waals surface area contributed by atoms with E-state index in [-0.39, 0.29) is 0 Å². The zero-order chi connectivity index (χ0) is 8.81. The van der Waals surface area contributed by atoms with E-state index in [9.17, 15) is 0 Å². The van der Waals surface area contributed by atoms with Crippen molar-refractivity contribution in [3.63, 3.8) is 0 Å². The van der Waals surface area contributed by atoms with Crippen LogP contribution in [0.25, 0.3) is 0 Å². The van der Waals surface area contributed by atoms with Gasteiger partial charge in [0.05, 0.1) is 5.71 Å². The maximum Gasteiger partial charge on any atom is 0.0672 e. The standard InChI is InChI=1S/C10H14N2/c1-2-6-10(12-11)9-7-4-3-5-8-9/h3-5,7-8H,2,6,11H2,1H3/b12-10+. The number of hydrogen-bond acceptors (Lipinski definition) is 2. The molecule has 1 aromatic rings. The number of hydrazone groups is 1. The minimum atomic E-state index is 0.945. The molecule has 0 heterocycles. The van der Waals surface area contributed by atoms with Crippen molar-refractivity contribution in [1.82, 2.24) is 0 Å². The highest BCUT2D eigenvalue weighted by Crippen LogP contribution is 2.05. The van der Waals surface area contributed by atoms with Crippen LogP contribution in [0.2, 0.25) is 0 Å². The molecule has 1 aromatic carbocycles. The fourth-order valence-electron chi connectivity index (χ4n) is 1.15. The first-order chi connectivity index (χ1) is 5.88. The van der Waals surface area contributed by atoms with Gasteiger partial charge in [-0.25, -0.2) is 0 Å². The molecule has 0 radical (unpaired) electrons. The topological polar surface area (TPSA) is 38.4 Å². The molecule has 0 atom stereocenters. The summed E-state index contributed by atoms with van der Waals surface area (Å²) in [5.41, 5.74) is 2.11. The van der Waals surface area contributed by atoms with Gasteiger partial charge in [-0.3, -0.25) is 0 Å². The molecule has 2 N–H and O–H groups in total. The van der Waals surface area contributed by atoms with Gasteiger partial charge in [-0.15, -0.1) is 0 Å². The lowest BCUT2D eigenvalue weighted by Crippen LogP contribution is -2.03. The normalized spacial score (nSPS) is 11.6. The number of hydrogen-bond donors (Lipinski definition) is 1. The van der Waals surface area contributed by atoms with Gasteiger partial charge in [0.15, 0.2) is 0 Å². The highest BCUT2D eigenvalue weighted by atomic mass is 15.1. The monoisotopic (exact) mass is 162 g/mol. The highest BCUT2D eigenvalue weighted by Gasteiger charge is 1.99. The molecule has 0 aliphatic carbocycles. The molecule has 0 amide bonds. The lowest BCUT2D eigenvalue weighted by atomic mass is 10.1. The maximum absolute atomic E-state index is 5.28. The Balaban J connectivity index is 2.82. The van der Waals surface area contributed by atoms with Crippen LogP contribution >= 0.6 is 0 Å². The van der Waals surface area contributed by atoms with Crippen LogP contribution in [0.5, 0.6) is 0 Å². The number of rotatable bonds is 3. The van der Waals surface area contributed by atoms with Gasteiger partial charge in [0.1, 0.15) is 0 Å². The third kappa shape index (κ3) is 2.09. The van der Waals surface area contributed by atoms with E-state index in [1.807, 2.05) is 30.3 Å². The van der Waals surface area contributed by atoms with Crippen molar-refractivity contribution < 1.29 is 0 Å². The van der Waals surface area contributed by atoms with Gasteiger partial charge in [-0.05, 0) is 12.0 Å². The first kappa shape index (κ1) is 8.78. The average molecular weight is 162 g/mol. The van der Waals surface area contributed by atoms with Crippen LogP contribution < -0.4 is 5.84 Å². The molecule has 0 spiro atoms. The van der Waals surface area contributed by atoms with Gasteiger partial charge in [0.25, 0.3) is 0 Å². The van der Waals surface area contributed by atoms with Crippen LogP contribution in [-0.2, 0) is 0 Å². The molecule has 0 bridgehead atoms. The predicted octanol–water partition coefficient (Wildman–Crippen LogP) is 2.15. The molecule has 2 nitrogen and oxygen atoms in total. The summed E-state index contributed by atoms with van der Waals surface area (Å²) in [4.78, 5) is 0.